The van der Waals surface area contributed by atoms with Crippen LogP contribution >= 0.6 is 0 Å². The second-order valence-corrected chi connectivity index (χ2v) is 6.40. The van der Waals surface area contributed by atoms with Crippen molar-refractivity contribution in [2.75, 3.05) is 33.4 Å². The molecule has 4 nitrogen and oxygen atoms in total. The Bertz CT molecular complexity index is 666. The van der Waals surface area contributed by atoms with Crippen molar-refractivity contribution in [2.24, 2.45) is 0 Å². The number of piperidine rings is 1. The van der Waals surface area contributed by atoms with Crippen molar-refractivity contribution < 1.29 is 9.47 Å². The third-order valence-electron chi connectivity index (χ3n) is 4.45. The fourth-order valence-corrected chi connectivity index (χ4v) is 3.13. The van der Waals surface area contributed by atoms with Gasteiger partial charge in [-0.1, -0.05) is 6.42 Å². The van der Waals surface area contributed by atoms with E-state index in [-0.39, 0.29) is 0 Å². The van der Waals surface area contributed by atoms with Crippen LogP contribution in [0.5, 0.6) is 11.5 Å². The lowest BCUT2D eigenvalue weighted by Crippen LogP contribution is -2.33. The molecule has 0 unspecified atom stereocenters. The maximum absolute atomic E-state index is 6.00. The molecule has 0 amide bonds. The minimum absolute atomic E-state index is 0.707. The van der Waals surface area contributed by atoms with Crippen molar-refractivity contribution in [2.45, 2.75) is 26.2 Å². The molecule has 0 radical (unpaired) electrons. The van der Waals surface area contributed by atoms with Crippen LogP contribution in [-0.4, -0.2) is 43.2 Å². The molecule has 0 bridgehead atoms. The molecular formula is C20H26N2O2. The first kappa shape index (κ1) is 16.8. The molecule has 0 spiro atoms. The molecule has 128 valence electrons. The zero-order chi connectivity index (χ0) is 16.8. The average Bonchev–Trinajstić information content (AvgIpc) is 2.62. The summed E-state index contributed by atoms with van der Waals surface area (Å²) in [6, 6.07) is 8.16. The van der Waals surface area contributed by atoms with Gasteiger partial charge < -0.3 is 9.47 Å². The molecule has 0 atom stereocenters. The highest BCUT2D eigenvalue weighted by molar-refractivity contribution is 5.67. The largest absolute Gasteiger partial charge is 0.497 e. The normalized spacial score (nSPS) is 15.2. The first-order valence-electron chi connectivity index (χ1n) is 8.71. The van der Waals surface area contributed by atoms with Crippen LogP contribution in [0.2, 0.25) is 0 Å². The van der Waals surface area contributed by atoms with E-state index in [0.717, 1.165) is 34.7 Å². The van der Waals surface area contributed by atoms with E-state index in [9.17, 15) is 0 Å². The maximum Gasteiger partial charge on any atom is 0.123 e. The van der Waals surface area contributed by atoms with Gasteiger partial charge >= 0.3 is 0 Å². The Labute approximate surface area is 144 Å². The summed E-state index contributed by atoms with van der Waals surface area (Å²) in [5.41, 5.74) is 3.29. The molecule has 0 saturated carbocycles. The predicted octanol–water partition coefficient (Wildman–Crippen LogP) is 3.93. The fraction of sp³-hybridized carbons (Fsp3) is 0.450. The van der Waals surface area contributed by atoms with Crippen LogP contribution in [0.3, 0.4) is 0 Å². The standard InChI is InChI=1S/C20H26N2O2/c1-16-10-18(15-21-14-16)17-11-19(23-2)13-20(12-17)24-9-8-22-6-4-3-5-7-22/h10-15H,3-9H2,1-2H3. The van der Waals surface area contributed by atoms with Gasteiger partial charge in [-0.3, -0.25) is 9.88 Å². The minimum atomic E-state index is 0.707. The lowest BCUT2D eigenvalue weighted by molar-refractivity contribution is 0.183. The summed E-state index contributed by atoms with van der Waals surface area (Å²) in [4.78, 5) is 6.76. The van der Waals surface area contributed by atoms with E-state index in [2.05, 4.69) is 22.0 Å². The first-order chi connectivity index (χ1) is 11.7. The number of aryl methyl sites for hydroxylation is 1. The van der Waals surface area contributed by atoms with Gasteiger partial charge in [0.25, 0.3) is 0 Å². The summed E-state index contributed by atoms with van der Waals surface area (Å²) >= 11 is 0. The Morgan fingerprint density at radius 3 is 2.50 bits per heavy atom. The lowest BCUT2D eigenvalue weighted by atomic mass is 10.1. The molecule has 1 aliphatic rings. The molecule has 4 heteroatoms. The van der Waals surface area contributed by atoms with Gasteiger partial charge in [0.1, 0.15) is 18.1 Å². The highest BCUT2D eigenvalue weighted by atomic mass is 16.5. The topological polar surface area (TPSA) is 34.6 Å². The average molecular weight is 326 g/mol. The van der Waals surface area contributed by atoms with E-state index in [1.807, 2.05) is 31.5 Å². The molecular weight excluding hydrogens is 300 g/mol. The number of likely N-dealkylation sites (tertiary alicyclic amines) is 1. The fourth-order valence-electron chi connectivity index (χ4n) is 3.13. The van der Waals surface area contributed by atoms with Gasteiger partial charge in [0.2, 0.25) is 0 Å². The van der Waals surface area contributed by atoms with Crippen molar-refractivity contribution in [3.8, 4) is 22.6 Å². The minimum Gasteiger partial charge on any atom is -0.497 e. The summed E-state index contributed by atoms with van der Waals surface area (Å²) in [5.74, 6) is 1.66. The Morgan fingerprint density at radius 2 is 1.75 bits per heavy atom. The van der Waals surface area contributed by atoms with Crippen molar-refractivity contribution in [3.05, 3.63) is 42.2 Å². The molecule has 24 heavy (non-hydrogen) atoms. The van der Waals surface area contributed by atoms with Gasteiger partial charge in [-0.05, 0) is 62.2 Å². The monoisotopic (exact) mass is 326 g/mol. The number of pyridine rings is 1. The summed E-state index contributed by atoms with van der Waals surface area (Å²) in [6.45, 7) is 6.13. The van der Waals surface area contributed by atoms with E-state index in [0.29, 0.717) is 6.61 Å². The molecule has 1 saturated heterocycles. The molecule has 1 fully saturated rings. The second-order valence-electron chi connectivity index (χ2n) is 6.40. The predicted molar refractivity (Wildman–Crippen MR) is 96.7 cm³/mol. The number of benzene rings is 1. The van der Waals surface area contributed by atoms with Crippen molar-refractivity contribution in [1.82, 2.24) is 9.88 Å². The van der Waals surface area contributed by atoms with E-state index in [1.165, 1.54) is 32.4 Å². The van der Waals surface area contributed by atoms with E-state index in [4.69, 9.17) is 9.47 Å². The van der Waals surface area contributed by atoms with Crippen LogP contribution in [0.1, 0.15) is 24.8 Å². The number of hydrogen-bond acceptors (Lipinski definition) is 4. The van der Waals surface area contributed by atoms with E-state index < -0.39 is 0 Å². The third kappa shape index (κ3) is 4.48. The van der Waals surface area contributed by atoms with Gasteiger partial charge in [0.15, 0.2) is 0 Å². The molecule has 1 aromatic heterocycles. The number of aromatic nitrogens is 1. The van der Waals surface area contributed by atoms with Crippen LogP contribution in [0, 0.1) is 6.92 Å². The maximum atomic E-state index is 6.00. The Hall–Kier alpha value is -2.07. The van der Waals surface area contributed by atoms with Gasteiger partial charge in [-0.25, -0.2) is 0 Å². The smallest absolute Gasteiger partial charge is 0.123 e. The highest BCUT2D eigenvalue weighted by Gasteiger charge is 2.10. The summed E-state index contributed by atoms with van der Waals surface area (Å²) in [7, 11) is 1.69. The number of nitrogens with zero attached hydrogens (tertiary/aromatic N) is 2. The van der Waals surface area contributed by atoms with E-state index in [1.54, 1.807) is 7.11 Å². The lowest BCUT2D eigenvalue weighted by Gasteiger charge is -2.26. The SMILES string of the molecule is COc1cc(OCCN2CCCCC2)cc(-c2cncc(C)c2)c1. The van der Waals surface area contributed by atoms with Crippen molar-refractivity contribution >= 4 is 0 Å². The number of ether oxygens (including phenoxy) is 2. The van der Waals surface area contributed by atoms with Crippen LogP contribution in [0.25, 0.3) is 11.1 Å². The number of hydrogen-bond donors (Lipinski definition) is 0. The third-order valence-corrected chi connectivity index (χ3v) is 4.45. The first-order valence-corrected chi connectivity index (χ1v) is 8.71. The molecule has 2 heterocycles. The van der Waals surface area contributed by atoms with Crippen LogP contribution < -0.4 is 9.47 Å². The molecule has 0 aliphatic carbocycles. The number of methoxy groups -OCH3 is 1. The highest BCUT2D eigenvalue weighted by Crippen LogP contribution is 2.30. The molecule has 2 aromatic rings. The zero-order valence-electron chi connectivity index (χ0n) is 14.6. The van der Waals surface area contributed by atoms with Gasteiger partial charge in [-0.15, -0.1) is 0 Å². The van der Waals surface area contributed by atoms with Gasteiger partial charge in [0, 0.05) is 30.6 Å². The Morgan fingerprint density at radius 1 is 0.958 bits per heavy atom. The summed E-state index contributed by atoms with van der Waals surface area (Å²) < 4.78 is 11.4. The van der Waals surface area contributed by atoms with Crippen LogP contribution in [-0.2, 0) is 0 Å². The Kier molecular flexibility index (Phi) is 5.70. The van der Waals surface area contributed by atoms with Crippen LogP contribution in [0.15, 0.2) is 36.7 Å². The molecule has 1 aliphatic heterocycles. The zero-order valence-corrected chi connectivity index (χ0v) is 14.6. The molecule has 1 aromatic carbocycles. The molecule has 3 rings (SSSR count). The van der Waals surface area contributed by atoms with Gasteiger partial charge in [0.05, 0.1) is 7.11 Å². The summed E-state index contributed by atoms with van der Waals surface area (Å²) in [6.07, 6.45) is 7.72. The molecule has 0 N–H and O–H groups in total. The second kappa shape index (κ2) is 8.15. The Balaban J connectivity index is 1.69. The number of rotatable bonds is 6. The summed E-state index contributed by atoms with van der Waals surface area (Å²) in [5, 5.41) is 0. The quantitative estimate of drug-likeness (QED) is 0.805. The van der Waals surface area contributed by atoms with Crippen LogP contribution in [0.4, 0.5) is 0 Å². The van der Waals surface area contributed by atoms with Gasteiger partial charge in [-0.2, -0.15) is 0 Å². The van der Waals surface area contributed by atoms with E-state index >= 15 is 0 Å². The van der Waals surface area contributed by atoms with Crippen molar-refractivity contribution in [3.63, 3.8) is 0 Å². The van der Waals surface area contributed by atoms with Crippen molar-refractivity contribution in [1.29, 1.82) is 0 Å².